The molecule has 2 heterocycles. The van der Waals surface area contributed by atoms with E-state index in [4.69, 9.17) is 21.1 Å². The molecule has 1 amide bonds. The molecule has 0 N–H and O–H groups in total. The largest absolute Gasteiger partial charge is 0.489 e. The Kier molecular flexibility index (Phi) is 6.08. The van der Waals surface area contributed by atoms with Crippen molar-refractivity contribution in [3.05, 3.63) is 69.9 Å². The second kappa shape index (κ2) is 8.90. The summed E-state index contributed by atoms with van der Waals surface area (Å²) in [4.78, 5) is 18.6. The summed E-state index contributed by atoms with van der Waals surface area (Å²) in [5, 5.41) is 2.75. The first-order valence-electron chi connectivity index (χ1n) is 9.10. The number of hydrogen-bond acceptors (Lipinski definition) is 5. The highest BCUT2D eigenvalue weighted by Crippen LogP contribution is 2.29. The second-order valence-electron chi connectivity index (χ2n) is 6.50. The Morgan fingerprint density at radius 1 is 1.24 bits per heavy atom. The number of carbonyl (C=O) groups is 1. The molecule has 1 saturated heterocycles. The van der Waals surface area contributed by atoms with Crippen LogP contribution in [0.3, 0.4) is 0 Å². The average Bonchev–Trinajstić information content (AvgIpc) is 3.22. The number of thiazole rings is 1. The first-order chi connectivity index (χ1) is 14.1. The van der Waals surface area contributed by atoms with E-state index in [9.17, 15) is 9.18 Å². The summed E-state index contributed by atoms with van der Waals surface area (Å²) in [5.74, 6) is -0.196. The van der Waals surface area contributed by atoms with E-state index >= 15 is 0 Å². The van der Waals surface area contributed by atoms with Gasteiger partial charge in [0.05, 0.1) is 13.2 Å². The maximum absolute atomic E-state index is 14.6. The molecule has 0 atom stereocenters. The van der Waals surface area contributed by atoms with Gasteiger partial charge in [-0.05, 0) is 29.8 Å². The summed E-state index contributed by atoms with van der Waals surface area (Å²) in [6.45, 7) is 2.41. The maximum Gasteiger partial charge on any atom is 0.273 e. The van der Waals surface area contributed by atoms with Crippen molar-refractivity contribution in [1.82, 2.24) is 9.88 Å². The number of ether oxygens (including phenoxy) is 2. The second-order valence-corrected chi connectivity index (χ2v) is 7.80. The molecule has 8 heteroatoms. The molecule has 0 unspecified atom stereocenters. The number of halogens is 2. The Balaban J connectivity index is 1.45. The van der Waals surface area contributed by atoms with Crippen molar-refractivity contribution in [2.45, 2.75) is 6.61 Å². The molecule has 0 saturated carbocycles. The molecule has 2 aromatic carbocycles. The minimum atomic E-state index is -0.451. The normalized spacial score (nSPS) is 14.1. The lowest BCUT2D eigenvalue weighted by molar-refractivity contribution is 0.0299. The molecule has 1 aliphatic heterocycles. The van der Waals surface area contributed by atoms with Gasteiger partial charge in [-0.1, -0.05) is 23.7 Å². The van der Waals surface area contributed by atoms with Gasteiger partial charge in [-0.2, -0.15) is 0 Å². The minimum absolute atomic E-state index is 0.155. The van der Waals surface area contributed by atoms with Crippen molar-refractivity contribution < 1.29 is 18.7 Å². The molecular weight excluding hydrogens is 415 g/mol. The van der Waals surface area contributed by atoms with E-state index in [0.717, 1.165) is 5.56 Å². The molecule has 4 rings (SSSR count). The van der Waals surface area contributed by atoms with E-state index in [1.807, 2.05) is 12.1 Å². The number of hydrogen-bond donors (Lipinski definition) is 0. The lowest BCUT2D eigenvalue weighted by atomic mass is 10.2. The zero-order chi connectivity index (χ0) is 20.2. The van der Waals surface area contributed by atoms with E-state index in [0.29, 0.717) is 53.3 Å². The summed E-state index contributed by atoms with van der Waals surface area (Å²) < 4.78 is 25.6. The smallest absolute Gasteiger partial charge is 0.273 e. The molecule has 0 aliphatic carbocycles. The number of nitrogens with zero attached hydrogens (tertiary/aromatic N) is 2. The standard InChI is InChI=1S/C21H18ClFN2O3S/c22-15-3-1-2-14(10-15)12-28-16-4-5-17(18(23)11-16)20-24-19(13-29-20)21(26)25-6-8-27-9-7-25/h1-5,10-11,13H,6-9,12H2. The van der Waals surface area contributed by atoms with Crippen LogP contribution in [-0.2, 0) is 11.3 Å². The topological polar surface area (TPSA) is 51.7 Å². The third-order valence-electron chi connectivity index (χ3n) is 4.49. The zero-order valence-corrected chi connectivity index (χ0v) is 17.0. The third-order valence-corrected chi connectivity index (χ3v) is 5.60. The fraction of sp³-hybridized carbons (Fsp3) is 0.238. The predicted molar refractivity (Wildman–Crippen MR) is 110 cm³/mol. The molecule has 29 heavy (non-hydrogen) atoms. The fourth-order valence-corrected chi connectivity index (χ4v) is 4.01. The number of morpholine rings is 1. The number of amides is 1. The highest BCUT2D eigenvalue weighted by atomic mass is 35.5. The molecule has 0 radical (unpaired) electrons. The molecule has 1 aliphatic rings. The van der Waals surface area contributed by atoms with Crippen molar-refractivity contribution >= 4 is 28.8 Å². The number of benzene rings is 2. The van der Waals surface area contributed by atoms with Gasteiger partial charge in [0.2, 0.25) is 0 Å². The van der Waals surface area contributed by atoms with Crippen LogP contribution in [0.15, 0.2) is 47.8 Å². The molecule has 3 aromatic rings. The van der Waals surface area contributed by atoms with Gasteiger partial charge in [0.25, 0.3) is 5.91 Å². The number of aromatic nitrogens is 1. The van der Waals surface area contributed by atoms with Crippen molar-refractivity contribution in [2.75, 3.05) is 26.3 Å². The van der Waals surface area contributed by atoms with Crippen molar-refractivity contribution in [2.24, 2.45) is 0 Å². The van der Waals surface area contributed by atoms with Crippen LogP contribution in [0.25, 0.3) is 10.6 Å². The molecule has 150 valence electrons. The zero-order valence-electron chi connectivity index (χ0n) is 15.4. The monoisotopic (exact) mass is 432 g/mol. The third kappa shape index (κ3) is 4.75. The van der Waals surface area contributed by atoms with E-state index in [1.165, 1.54) is 17.4 Å². The van der Waals surface area contributed by atoms with Gasteiger partial charge in [-0.15, -0.1) is 11.3 Å². The van der Waals surface area contributed by atoms with Crippen LogP contribution in [0.5, 0.6) is 5.75 Å². The molecule has 5 nitrogen and oxygen atoms in total. The highest BCUT2D eigenvalue weighted by Gasteiger charge is 2.22. The first-order valence-corrected chi connectivity index (χ1v) is 10.4. The van der Waals surface area contributed by atoms with E-state index < -0.39 is 5.82 Å². The quantitative estimate of drug-likeness (QED) is 0.588. The van der Waals surface area contributed by atoms with E-state index in [2.05, 4.69) is 4.98 Å². The van der Waals surface area contributed by atoms with Gasteiger partial charge in [0.1, 0.15) is 28.9 Å². The molecule has 1 fully saturated rings. The fourth-order valence-electron chi connectivity index (χ4n) is 2.98. The van der Waals surface area contributed by atoms with Gasteiger partial charge in [-0.25, -0.2) is 9.37 Å². The van der Waals surface area contributed by atoms with Crippen LogP contribution in [0, 0.1) is 5.82 Å². The summed E-state index contributed by atoms with van der Waals surface area (Å²) >= 11 is 7.20. The number of carbonyl (C=O) groups excluding carboxylic acids is 1. The summed E-state index contributed by atoms with van der Waals surface area (Å²) in [6, 6.07) is 11.9. The Hall–Kier alpha value is -2.48. The lowest BCUT2D eigenvalue weighted by Gasteiger charge is -2.25. The Labute approximate surface area is 176 Å². The summed E-state index contributed by atoms with van der Waals surface area (Å²) in [6.07, 6.45) is 0. The van der Waals surface area contributed by atoms with Crippen LogP contribution >= 0.6 is 22.9 Å². The van der Waals surface area contributed by atoms with E-state index in [1.54, 1.807) is 34.5 Å². The van der Waals surface area contributed by atoms with Crippen LogP contribution < -0.4 is 4.74 Å². The van der Waals surface area contributed by atoms with Crippen molar-refractivity contribution in [3.63, 3.8) is 0 Å². The van der Waals surface area contributed by atoms with E-state index in [-0.39, 0.29) is 12.5 Å². The van der Waals surface area contributed by atoms with Gasteiger partial charge in [0, 0.05) is 35.1 Å². The molecule has 1 aromatic heterocycles. The molecular formula is C21H18ClFN2O3S. The minimum Gasteiger partial charge on any atom is -0.489 e. The van der Waals surface area contributed by atoms with Crippen LogP contribution in [0.2, 0.25) is 5.02 Å². The predicted octanol–water partition coefficient (Wildman–Crippen LogP) is 4.65. The summed E-state index contributed by atoms with van der Waals surface area (Å²) in [7, 11) is 0. The Morgan fingerprint density at radius 3 is 2.83 bits per heavy atom. The first kappa shape index (κ1) is 19.8. The summed E-state index contributed by atoms with van der Waals surface area (Å²) in [5.41, 5.74) is 1.56. The van der Waals surface area contributed by atoms with Crippen LogP contribution in [0.4, 0.5) is 4.39 Å². The van der Waals surface area contributed by atoms with Crippen molar-refractivity contribution in [1.29, 1.82) is 0 Å². The highest BCUT2D eigenvalue weighted by molar-refractivity contribution is 7.13. The Bertz CT molecular complexity index is 1020. The van der Waals surface area contributed by atoms with Crippen LogP contribution in [-0.4, -0.2) is 42.1 Å². The average molecular weight is 433 g/mol. The van der Waals surface area contributed by atoms with Crippen LogP contribution in [0.1, 0.15) is 16.1 Å². The van der Waals surface area contributed by atoms with Gasteiger partial charge in [0.15, 0.2) is 0 Å². The Morgan fingerprint density at radius 2 is 2.07 bits per heavy atom. The van der Waals surface area contributed by atoms with Gasteiger partial charge >= 0.3 is 0 Å². The number of rotatable bonds is 5. The SMILES string of the molecule is O=C(c1csc(-c2ccc(OCc3cccc(Cl)c3)cc2F)n1)N1CCOCC1. The van der Waals surface area contributed by atoms with Gasteiger partial charge in [-0.3, -0.25) is 4.79 Å². The lowest BCUT2D eigenvalue weighted by Crippen LogP contribution is -2.40. The maximum atomic E-state index is 14.6. The molecule has 0 bridgehead atoms. The van der Waals surface area contributed by atoms with Gasteiger partial charge < -0.3 is 14.4 Å². The molecule has 0 spiro atoms. The van der Waals surface area contributed by atoms with Crippen molar-refractivity contribution in [3.8, 4) is 16.3 Å².